The minimum absolute atomic E-state index is 0.0905. The maximum absolute atomic E-state index is 12.3. The molecule has 0 saturated heterocycles. The van der Waals surface area contributed by atoms with Crippen LogP contribution in [0.3, 0.4) is 0 Å². The zero-order chi connectivity index (χ0) is 16.0. The Bertz CT molecular complexity index is 523. The number of carboxylic acids is 1. The van der Waals surface area contributed by atoms with E-state index in [4.69, 9.17) is 10.2 Å². The number of urea groups is 1. The maximum Gasteiger partial charge on any atom is 0.335 e. The van der Waals surface area contributed by atoms with E-state index in [1.54, 1.807) is 6.92 Å². The molecule has 0 aliphatic rings. The number of nitrogens with zero attached hydrogens (tertiary/aromatic N) is 1. The van der Waals surface area contributed by atoms with Crippen LogP contribution in [0.25, 0.3) is 0 Å². The first kappa shape index (κ1) is 16.8. The fourth-order valence-corrected chi connectivity index (χ4v) is 1.75. The Morgan fingerprint density at radius 2 is 2.05 bits per heavy atom. The monoisotopic (exact) mass is 302 g/mol. The fraction of sp³-hybridized carbons (Fsp3) is 0.385. The number of hydrogen-bond donors (Lipinski definition) is 3. The summed E-state index contributed by atoms with van der Waals surface area (Å²) in [4.78, 5) is 23.5. The van der Waals surface area contributed by atoms with Gasteiger partial charge in [0.05, 0.1) is 18.7 Å². The lowest BCUT2D eigenvalue weighted by atomic mass is 10.1. The van der Waals surface area contributed by atoms with Gasteiger partial charge >= 0.3 is 12.0 Å². The van der Waals surface area contributed by atoms with Crippen LogP contribution in [0.15, 0.2) is 18.2 Å². The molecule has 116 valence electrons. The van der Waals surface area contributed by atoms with E-state index in [1.165, 1.54) is 18.2 Å². The van der Waals surface area contributed by atoms with Gasteiger partial charge in [-0.2, -0.15) is 0 Å². The number of halogens is 2. The van der Waals surface area contributed by atoms with Gasteiger partial charge in [0.1, 0.15) is 0 Å². The number of aliphatic hydroxyl groups excluding tert-OH is 1. The number of carbonyl (C=O) groups is 2. The molecule has 0 saturated carbocycles. The number of carbonyl (C=O) groups excluding carboxylic acids is 1. The second-order valence-electron chi connectivity index (χ2n) is 4.33. The number of aromatic carboxylic acids is 1. The number of anilines is 1. The number of hydrogen-bond acceptors (Lipinski definition) is 3. The molecule has 0 unspecified atom stereocenters. The Morgan fingerprint density at radius 3 is 2.52 bits per heavy atom. The Morgan fingerprint density at radius 1 is 1.38 bits per heavy atom. The van der Waals surface area contributed by atoms with Gasteiger partial charge in [-0.25, -0.2) is 18.4 Å². The van der Waals surface area contributed by atoms with Gasteiger partial charge in [-0.05, 0) is 30.7 Å². The third kappa shape index (κ3) is 4.99. The second-order valence-corrected chi connectivity index (χ2v) is 4.33. The molecule has 0 fully saturated rings. The van der Waals surface area contributed by atoms with Crippen molar-refractivity contribution < 1.29 is 28.6 Å². The lowest BCUT2D eigenvalue weighted by molar-refractivity contribution is 0.0696. The summed E-state index contributed by atoms with van der Waals surface area (Å²) >= 11 is 0. The summed E-state index contributed by atoms with van der Waals surface area (Å²) in [6, 6.07) is 3.33. The van der Waals surface area contributed by atoms with E-state index in [0.717, 1.165) is 4.90 Å². The summed E-state index contributed by atoms with van der Waals surface area (Å²) in [7, 11) is 0. The molecular weight excluding hydrogens is 286 g/mol. The SMILES string of the molecule is Cc1cc(NC(=O)N(CCO)CC(F)F)ccc1C(=O)O. The van der Waals surface area contributed by atoms with Gasteiger partial charge in [0.15, 0.2) is 0 Å². The van der Waals surface area contributed by atoms with Crippen LogP contribution in [0.5, 0.6) is 0 Å². The van der Waals surface area contributed by atoms with Crippen molar-refractivity contribution in [3.05, 3.63) is 29.3 Å². The van der Waals surface area contributed by atoms with Gasteiger partial charge in [-0.1, -0.05) is 0 Å². The van der Waals surface area contributed by atoms with Crippen LogP contribution in [0.2, 0.25) is 0 Å². The average Bonchev–Trinajstić information content (AvgIpc) is 2.37. The molecule has 3 N–H and O–H groups in total. The van der Waals surface area contributed by atoms with Crippen molar-refractivity contribution in [1.82, 2.24) is 4.90 Å². The summed E-state index contributed by atoms with van der Waals surface area (Å²) in [5.41, 5.74) is 0.815. The summed E-state index contributed by atoms with van der Waals surface area (Å²) in [5.74, 6) is -1.09. The van der Waals surface area contributed by atoms with Crippen molar-refractivity contribution >= 4 is 17.7 Å². The molecule has 0 heterocycles. The fourth-order valence-electron chi connectivity index (χ4n) is 1.75. The highest BCUT2D eigenvalue weighted by molar-refractivity contribution is 5.92. The Labute approximate surface area is 120 Å². The number of amides is 2. The van der Waals surface area contributed by atoms with E-state index in [0.29, 0.717) is 11.3 Å². The van der Waals surface area contributed by atoms with Crippen molar-refractivity contribution in [1.29, 1.82) is 0 Å². The Kier molecular flexibility index (Phi) is 6.04. The van der Waals surface area contributed by atoms with Crippen LogP contribution in [0.4, 0.5) is 19.3 Å². The van der Waals surface area contributed by atoms with Crippen LogP contribution >= 0.6 is 0 Å². The zero-order valence-electron chi connectivity index (χ0n) is 11.3. The molecule has 0 aliphatic carbocycles. The Balaban J connectivity index is 2.81. The van der Waals surface area contributed by atoms with Crippen LogP contribution in [-0.2, 0) is 0 Å². The normalized spacial score (nSPS) is 10.5. The zero-order valence-corrected chi connectivity index (χ0v) is 11.3. The highest BCUT2D eigenvalue weighted by atomic mass is 19.3. The van der Waals surface area contributed by atoms with Gasteiger partial charge in [-0.15, -0.1) is 0 Å². The number of alkyl halides is 2. The molecule has 8 heteroatoms. The van der Waals surface area contributed by atoms with Gasteiger partial charge in [-0.3, -0.25) is 0 Å². The number of aliphatic hydroxyl groups is 1. The number of carboxylic acid groups (broad SMARTS) is 1. The first-order valence-corrected chi connectivity index (χ1v) is 6.14. The molecule has 1 aromatic carbocycles. The summed E-state index contributed by atoms with van der Waals surface area (Å²) in [5, 5.41) is 20.1. The molecule has 0 aromatic heterocycles. The molecule has 21 heavy (non-hydrogen) atoms. The van der Waals surface area contributed by atoms with Crippen molar-refractivity contribution in [2.24, 2.45) is 0 Å². The Hall–Kier alpha value is -2.22. The number of benzene rings is 1. The van der Waals surface area contributed by atoms with Gasteiger partial charge in [0.25, 0.3) is 6.43 Å². The van der Waals surface area contributed by atoms with E-state index in [1.807, 2.05) is 0 Å². The first-order chi connectivity index (χ1) is 9.85. The van der Waals surface area contributed by atoms with E-state index >= 15 is 0 Å². The largest absolute Gasteiger partial charge is 0.478 e. The topological polar surface area (TPSA) is 89.9 Å². The quantitative estimate of drug-likeness (QED) is 0.747. The lowest BCUT2D eigenvalue weighted by Crippen LogP contribution is -2.40. The van der Waals surface area contributed by atoms with Crippen molar-refractivity contribution in [3.8, 4) is 0 Å². The number of nitrogens with one attached hydrogen (secondary N) is 1. The third-order valence-corrected chi connectivity index (χ3v) is 2.72. The predicted octanol–water partition coefficient (Wildman–Crippen LogP) is 1.78. The summed E-state index contributed by atoms with van der Waals surface area (Å²) < 4.78 is 24.7. The molecule has 1 aromatic rings. The van der Waals surface area contributed by atoms with Crippen LogP contribution in [0, 0.1) is 6.92 Å². The van der Waals surface area contributed by atoms with Crippen LogP contribution in [0.1, 0.15) is 15.9 Å². The molecule has 1 rings (SSSR count). The molecule has 2 amide bonds. The van der Waals surface area contributed by atoms with Crippen LogP contribution < -0.4 is 5.32 Å². The molecule has 6 nitrogen and oxygen atoms in total. The van der Waals surface area contributed by atoms with Gasteiger partial charge < -0.3 is 20.4 Å². The lowest BCUT2D eigenvalue weighted by Gasteiger charge is -2.21. The predicted molar refractivity (Wildman–Crippen MR) is 71.8 cm³/mol. The second kappa shape index (κ2) is 7.53. The van der Waals surface area contributed by atoms with E-state index < -0.39 is 31.6 Å². The van der Waals surface area contributed by atoms with E-state index in [-0.39, 0.29) is 12.1 Å². The molecule has 0 radical (unpaired) electrons. The molecule has 0 spiro atoms. The molecular formula is C13H16F2N2O4. The van der Waals surface area contributed by atoms with E-state index in [2.05, 4.69) is 5.32 Å². The minimum atomic E-state index is -2.71. The first-order valence-electron chi connectivity index (χ1n) is 6.14. The van der Waals surface area contributed by atoms with E-state index in [9.17, 15) is 18.4 Å². The molecule has 0 aliphatic heterocycles. The van der Waals surface area contributed by atoms with Crippen LogP contribution in [-0.4, -0.2) is 53.2 Å². The summed E-state index contributed by atoms with van der Waals surface area (Å²) in [6.45, 7) is 0.113. The maximum atomic E-state index is 12.3. The summed E-state index contributed by atoms with van der Waals surface area (Å²) in [6.07, 6.45) is -2.71. The standard InChI is InChI=1S/C13H16F2N2O4/c1-8-6-9(2-3-10(8)12(19)20)16-13(21)17(4-5-18)7-11(14)15/h2-3,6,11,18H,4-5,7H2,1H3,(H,16,21)(H,19,20). The van der Waals surface area contributed by atoms with Gasteiger partial charge in [0.2, 0.25) is 0 Å². The smallest absolute Gasteiger partial charge is 0.335 e. The number of rotatable bonds is 6. The number of aryl methyl sites for hydroxylation is 1. The average molecular weight is 302 g/mol. The molecule has 0 bridgehead atoms. The van der Waals surface area contributed by atoms with Crippen molar-refractivity contribution in [3.63, 3.8) is 0 Å². The highest BCUT2D eigenvalue weighted by Crippen LogP contribution is 2.16. The van der Waals surface area contributed by atoms with Gasteiger partial charge in [0, 0.05) is 12.2 Å². The van der Waals surface area contributed by atoms with Crippen molar-refractivity contribution in [2.45, 2.75) is 13.3 Å². The third-order valence-electron chi connectivity index (χ3n) is 2.72. The minimum Gasteiger partial charge on any atom is -0.478 e. The van der Waals surface area contributed by atoms with Crippen molar-refractivity contribution in [2.75, 3.05) is 25.0 Å². The molecule has 0 atom stereocenters. The highest BCUT2D eigenvalue weighted by Gasteiger charge is 2.18.